The molecule has 2 aromatic carbocycles. The molecule has 1 N–H and O–H groups in total. The lowest BCUT2D eigenvalue weighted by molar-refractivity contribution is -0.116. The minimum atomic E-state index is -0.00242. The quantitative estimate of drug-likeness (QED) is 0.638. The van der Waals surface area contributed by atoms with Crippen molar-refractivity contribution in [3.8, 4) is 11.3 Å². The third-order valence-electron chi connectivity index (χ3n) is 4.84. The second kappa shape index (κ2) is 7.61. The van der Waals surface area contributed by atoms with Gasteiger partial charge in [0.15, 0.2) is 0 Å². The molecule has 26 heavy (non-hydrogen) atoms. The largest absolute Gasteiger partial charge is 0.461 e. The lowest BCUT2D eigenvalue weighted by Crippen LogP contribution is -2.12. The molecule has 0 aliphatic rings. The first-order chi connectivity index (χ1) is 12.4. The molecule has 0 atom stereocenters. The average Bonchev–Trinajstić information content (AvgIpc) is 3.08. The zero-order valence-corrected chi connectivity index (χ0v) is 15.8. The predicted octanol–water partition coefficient (Wildman–Crippen LogP) is 5.75. The van der Waals surface area contributed by atoms with Crippen molar-refractivity contribution in [3.05, 3.63) is 76.5 Å². The summed E-state index contributed by atoms with van der Waals surface area (Å²) in [5.74, 6) is 1.67. The number of hydrogen-bond acceptors (Lipinski definition) is 2. The highest BCUT2D eigenvalue weighted by Crippen LogP contribution is 2.25. The molecule has 0 spiro atoms. The van der Waals surface area contributed by atoms with Crippen molar-refractivity contribution in [1.82, 2.24) is 0 Å². The van der Waals surface area contributed by atoms with E-state index < -0.39 is 0 Å². The minimum Gasteiger partial charge on any atom is -0.461 e. The van der Waals surface area contributed by atoms with Crippen LogP contribution in [0.1, 0.15) is 34.4 Å². The molecule has 1 amide bonds. The van der Waals surface area contributed by atoms with Crippen molar-refractivity contribution < 1.29 is 9.21 Å². The van der Waals surface area contributed by atoms with Gasteiger partial charge in [0.1, 0.15) is 11.5 Å². The molecule has 0 bridgehead atoms. The third-order valence-corrected chi connectivity index (χ3v) is 4.84. The van der Waals surface area contributed by atoms with Crippen LogP contribution in [0.25, 0.3) is 11.3 Å². The number of hydrogen-bond donors (Lipinski definition) is 1. The number of carbonyl (C=O) groups is 1. The zero-order valence-electron chi connectivity index (χ0n) is 15.8. The van der Waals surface area contributed by atoms with Gasteiger partial charge in [0.2, 0.25) is 5.91 Å². The fourth-order valence-corrected chi connectivity index (χ4v) is 2.84. The van der Waals surface area contributed by atoms with Crippen molar-refractivity contribution >= 4 is 11.6 Å². The van der Waals surface area contributed by atoms with Crippen LogP contribution in [-0.2, 0) is 11.2 Å². The van der Waals surface area contributed by atoms with Crippen LogP contribution in [0, 0.1) is 27.7 Å². The van der Waals surface area contributed by atoms with E-state index in [9.17, 15) is 4.79 Å². The van der Waals surface area contributed by atoms with E-state index in [2.05, 4.69) is 44.3 Å². The summed E-state index contributed by atoms with van der Waals surface area (Å²) in [6.07, 6.45) is 0.980. The zero-order chi connectivity index (χ0) is 18.7. The maximum atomic E-state index is 12.2. The van der Waals surface area contributed by atoms with Gasteiger partial charge < -0.3 is 9.73 Å². The molecular weight excluding hydrogens is 322 g/mol. The van der Waals surface area contributed by atoms with E-state index in [1.165, 1.54) is 22.3 Å². The smallest absolute Gasteiger partial charge is 0.224 e. The summed E-state index contributed by atoms with van der Waals surface area (Å²) in [5, 5.41) is 2.95. The van der Waals surface area contributed by atoms with Gasteiger partial charge >= 0.3 is 0 Å². The average molecular weight is 347 g/mol. The Morgan fingerprint density at radius 1 is 0.846 bits per heavy atom. The minimum absolute atomic E-state index is 0.00242. The van der Waals surface area contributed by atoms with E-state index in [0.29, 0.717) is 12.8 Å². The Balaban J connectivity index is 1.59. The monoisotopic (exact) mass is 347 g/mol. The van der Waals surface area contributed by atoms with Crippen LogP contribution in [0.3, 0.4) is 0 Å². The normalized spacial score (nSPS) is 10.8. The maximum Gasteiger partial charge on any atom is 0.224 e. The molecule has 134 valence electrons. The van der Waals surface area contributed by atoms with Gasteiger partial charge in [-0.3, -0.25) is 4.79 Å². The summed E-state index contributed by atoms with van der Waals surface area (Å²) in [5.41, 5.74) is 6.81. The van der Waals surface area contributed by atoms with Gasteiger partial charge in [-0.2, -0.15) is 0 Å². The molecular formula is C23H25NO2. The number of rotatable bonds is 5. The Morgan fingerprint density at radius 3 is 2.23 bits per heavy atom. The summed E-state index contributed by atoms with van der Waals surface area (Å²) in [6, 6.07) is 16.2. The molecule has 0 aliphatic carbocycles. The van der Waals surface area contributed by atoms with E-state index in [1.54, 1.807) is 0 Å². The summed E-state index contributed by atoms with van der Waals surface area (Å²) in [6.45, 7) is 8.30. The van der Waals surface area contributed by atoms with Crippen LogP contribution in [-0.4, -0.2) is 5.91 Å². The van der Waals surface area contributed by atoms with Crippen molar-refractivity contribution in [2.45, 2.75) is 40.5 Å². The van der Waals surface area contributed by atoms with E-state index in [0.717, 1.165) is 22.8 Å². The second-order valence-corrected chi connectivity index (χ2v) is 6.91. The van der Waals surface area contributed by atoms with Crippen LogP contribution in [0.2, 0.25) is 0 Å². The van der Waals surface area contributed by atoms with Gasteiger partial charge in [-0.1, -0.05) is 18.2 Å². The number of carbonyl (C=O) groups excluding carboxylic acids is 1. The van der Waals surface area contributed by atoms with Gasteiger partial charge in [0.05, 0.1) is 0 Å². The van der Waals surface area contributed by atoms with Crippen LogP contribution >= 0.6 is 0 Å². The second-order valence-electron chi connectivity index (χ2n) is 6.91. The standard InChI is InChI=1S/C23H25NO2/c1-15-5-7-19(13-17(15)3)22-11-9-21(26-22)10-12-23(25)24-20-8-6-16(2)18(4)14-20/h5-9,11,13-14H,10,12H2,1-4H3,(H,24,25). The maximum absolute atomic E-state index is 12.2. The lowest BCUT2D eigenvalue weighted by atomic mass is 10.1. The fourth-order valence-electron chi connectivity index (χ4n) is 2.84. The number of furan rings is 1. The van der Waals surface area contributed by atoms with Gasteiger partial charge in [0.25, 0.3) is 0 Å². The van der Waals surface area contributed by atoms with Crippen molar-refractivity contribution in [3.63, 3.8) is 0 Å². The SMILES string of the molecule is Cc1ccc(NC(=O)CCc2ccc(-c3ccc(C)c(C)c3)o2)cc1C. The van der Waals surface area contributed by atoms with Crippen LogP contribution < -0.4 is 5.32 Å². The molecule has 1 aromatic heterocycles. The number of amides is 1. The van der Waals surface area contributed by atoms with Crippen LogP contribution in [0.5, 0.6) is 0 Å². The highest BCUT2D eigenvalue weighted by molar-refractivity contribution is 5.90. The third kappa shape index (κ3) is 4.23. The molecule has 0 aliphatic heterocycles. The van der Waals surface area contributed by atoms with Crippen molar-refractivity contribution in [2.75, 3.05) is 5.32 Å². The van der Waals surface area contributed by atoms with Gasteiger partial charge in [0, 0.05) is 24.1 Å². The van der Waals surface area contributed by atoms with E-state index in [4.69, 9.17) is 4.42 Å². The molecule has 0 saturated carbocycles. The Kier molecular flexibility index (Phi) is 5.27. The Morgan fingerprint density at radius 2 is 1.54 bits per heavy atom. The first-order valence-corrected chi connectivity index (χ1v) is 8.96. The topological polar surface area (TPSA) is 42.2 Å². The van der Waals surface area contributed by atoms with Gasteiger partial charge in [-0.05, 0) is 80.3 Å². The molecule has 0 radical (unpaired) electrons. The predicted molar refractivity (Wildman–Crippen MR) is 106 cm³/mol. The number of anilines is 1. The first-order valence-electron chi connectivity index (χ1n) is 8.96. The summed E-state index contributed by atoms with van der Waals surface area (Å²) in [7, 11) is 0. The van der Waals surface area contributed by atoms with E-state index in [1.807, 2.05) is 37.3 Å². The molecule has 3 rings (SSSR count). The van der Waals surface area contributed by atoms with E-state index in [-0.39, 0.29) is 5.91 Å². The van der Waals surface area contributed by atoms with Crippen LogP contribution in [0.4, 0.5) is 5.69 Å². The molecule has 3 aromatic rings. The molecule has 3 heteroatoms. The fraction of sp³-hybridized carbons (Fsp3) is 0.261. The number of nitrogens with one attached hydrogen (secondary N) is 1. The summed E-state index contributed by atoms with van der Waals surface area (Å²) < 4.78 is 5.92. The van der Waals surface area contributed by atoms with Crippen molar-refractivity contribution in [1.29, 1.82) is 0 Å². The Labute approximate surface area is 155 Å². The summed E-state index contributed by atoms with van der Waals surface area (Å²) in [4.78, 5) is 12.2. The Bertz CT molecular complexity index is 937. The van der Waals surface area contributed by atoms with E-state index >= 15 is 0 Å². The molecule has 0 fully saturated rings. The highest BCUT2D eigenvalue weighted by Gasteiger charge is 2.09. The molecule has 3 nitrogen and oxygen atoms in total. The number of benzene rings is 2. The molecule has 0 saturated heterocycles. The van der Waals surface area contributed by atoms with Crippen molar-refractivity contribution in [2.24, 2.45) is 0 Å². The first kappa shape index (κ1) is 18.0. The van der Waals surface area contributed by atoms with Crippen LogP contribution in [0.15, 0.2) is 52.9 Å². The van der Waals surface area contributed by atoms with Gasteiger partial charge in [-0.25, -0.2) is 0 Å². The lowest BCUT2D eigenvalue weighted by Gasteiger charge is -2.07. The summed E-state index contributed by atoms with van der Waals surface area (Å²) >= 11 is 0. The molecule has 0 unspecified atom stereocenters. The molecule has 1 heterocycles. The highest BCUT2D eigenvalue weighted by atomic mass is 16.3. The number of aryl methyl sites for hydroxylation is 5. The Hall–Kier alpha value is -2.81. The van der Waals surface area contributed by atoms with Gasteiger partial charge in [-0.15, -0.1) is 0 Å².